The molecule has 0 aliphatic heterocycles. The molecule has 29 heavy (non-hydrogen) atoms. The van der Waals surface area contributed by atoms with Gasteiger partial charge in [-0.3, -0.25) is 9.59 Å². The summed E-state index contributed by atoms with van der Waals surface area (Å²) in [5.41, 5.74) is -5.24. The van der Waals surface area contributed by atoms with E-state index in [-0.39, 0.29) is 38.5 Å². The molecule has 0 spiro atoms. The largest absolute Gasteiger partial charge is 0.481 e. The number of carboxylic acid groups (broad SMARTS) is 2. The van der Waals surface area contributed by atoms with E-state index in [0.29, 0.717) is 19.3 Å². The minimum Gasteiger partial charge on any atom is -0.481 e. The van der Waals surface area contributed by atoms with Gasteiger partial charge in [-0.05, 0) is 63.2 Å². The van der Waals surface area contributed by atoms with Crippen molar-refractivity contribution in [3.05, 3.63) is 0 Å². The number of fused-ring (bicyclic) bond motifs is 5. The fourth-order valence-corrected chi connectivity index (χ4v) is 7.87. The van der Waals surface area contributed by atoms with Crippen LogP contribution in [-0.2, 0) is 14.4 Å². The van der Waals surface area contributed by atoms with E-state index in [1.165, 1.54) is 0 Å². The van der Waals surface area contributed by atoms with Gasteiger partial charge in [-0.15, -0.1) is 0 Å². The second-order valence-electron chi connectivity index (χ2n) is 10.1. The van der Waals surface area contributed by atoms with Crippen molar-refractivity contribution < 1.29 is 39.9 Å². The smallest absolute Gasteiger partial charge is 0.372 e. The number of rotatable bonds is 3. The maximum absolute atomic E-state index is 12.6. The van der Waals surface area contributed by atoms with Gasteiger partial charge in [-0.25, -0.2) is 4.79 Å². The summed E-state index contributed by atoms with van der Waals surface area (Å²) in [4.78, 5) is 36.2. The van der Waals surface area contributed by atoms with E-state index in [2.05, 4.69) is 0 Å². The van der Waals surface area contributed by atoms with Gasteiger partial charge in [0.25, 0.3) is 0 Å². The van der Waals surface area contributed by atoms with Crippen LogP contribution in [0.3, 0.4) is 0 Å². The normalized spacial score (nSPS) is 51.4. The van der Waals surface area contributed by atoms with Crippen LogP contribution in [0.4, 0.5) is 0 Å². The molecule has 0 aromatic heterocycles. The first-order chi connectivity index (χ1) is 13.4. The molecule has 0 amide bonds. The van der Waals surface area contributed by atoms with E-state index < -0.39 is 63.6 Å². The summed E-state index contributed by atoms with van der Waals surface area (Å²) in [6.07, 6.45) is 1.51. The van der Waals surface area contributed by atoms with Gasteiger partial charge in [0, 0.05) is 17.8 Å². The van der Waals surface area contributed by atoms with E-state index in [0.717, 1.165) is 0 Å². The Kier molecular flexibility index (Phi) is 4.47. The molecule has 0 saturated heterocycles. The Balaban J connectivity index is 1.76. The molecule has 4 aliphatic rings. The van der Waals surface area contributed by atoms with Crippen molar-refractivity contribution in [3.63, 3.8) is 0 Å². The Labute approximate surface area is 168 Å². The van der Waals surface area contributed by atoms with Gasteiger partial charge in [-0.2, -0.15) is 0 Å². The molecule has 4 fully saturated rings. The predicted octanol–water partition coefficient (Wildman–Crippen LogP) is 0.954. The molecule has 0 aromatic carbocycles. The van der Waals surface area contributed by atoms with Crippen LogP contribution < -0.4 is 0 Å². The number of hydrogen-bond acceptors (Lipinski definition) is 6. The summed E-state index contributed by atoms with van der Waals surface area (Å²) in [6, 6.07) is 0. The number of aliphatic hydroxyl groups excluding tert-OH is 1. The number of aliphatic hydroxyl groups is 3. The number of hydrogen-bond donors (Lipinski definition) is 5. The van der Waals surface area contributed by atoms with Gasteiger partial charge in [0.1, 0.15) is 0 Å². The van der Waals surface area contributed by atoms with Crippen molar-refractivity contribution >= 4 is 17.7 Å². The van der Waals surface area contributed by atoms with Gasteiger partial charge >= 0.3 is 11.9 Å². The fraction of sp³-hybridized carbons (Fsp3) is 0.857. The van der Waals surface area contributed by atoms with Gasteiger partial charge in [0.15, 0.2) is 0 Å². The third kappa shape index (κ3) is 2.39. The maximum atomic E-state index is 12.6. The number of carbonyl (C=O) groups is 3. The van der Waals surface area contributed by atoms with Crippen LogP contribution in [0.25, 0.3) is 0 Å². The molecule has 4 saturated carbocycles. The number of Topliss-reactive ketones (excluding diaryl/α,β-unsaturated/α-hetero) is 1. The minimum absolute atomic E-state index is 0.0122. The number of ketones is 1. The Hall–Kier alpha value is -1.51. The lowest BCUT2D eigenvalue weighted by Crippen LogP contribution is -2.70. The van der Waals surface area contributed by atoms with Crippen molar-refractivity contribution in [2.24, 2.45) is 28.6 Å². The van der Waals surface area contributed by atoms with Crippen LogP contribution in [0, 0.1) is 28.6 Å². The highest BCUT2D eigenvalue weighted by atomic mass is 16.4. The average molecular weight is 410 g/mol. The lowest BCUT2D eigenvalue weighted by atomic mass is 9.41. The molecule has 0 aromatic rings. The molecule has 4 rings (SSSR count). The Morgan fingerprint density at radius 1 is 0.862 bits per heavy atom. The maximum Gasteiger partial charge on any atom is 0.372 e. The topological polar surface area (TPSA) is 152 Å². The molecule has 0 unspecified atom stereocenters. The first kappa shape index (κ1) is 20.8. The van der Waals surface area contributed by atoms with Crippen molar-refractivity contribution in [3.8, 4) is 0 Å². The lowest BCUT2D eigenvalue weighted by Gasteiger charge is -2.64. The highest BCUT2D eigenvalue weighted by Crippen LogP contribution is 2.70. The van der Waals surface area contributed by atoms with E-state index in [1.54, 1.807) is 6.92 Å². The molecule has 0 radical (unpaired) electrons. The van der Waals surface area contributed by atoms with Crippen LogP contribution in [0.1, 0.15) is 64.7 Å². The van der Waals surface area contributed by atoms with Crippen molar-refractivity contribution in [1.82, 2.24) is 0 Å². The second kappa shape index (κ2) is 6.25. The van der Waals surface area contributed by atoms with Crippen molar-refractivity contribution in [2.75, 3.05) is 0 Å². The molecular weight excluding hydrogens is 380 g/mol. The van der Waals surface area contributed by atoms with E-state index in [9.17, 15) is 39.9 Å². The van der Waals surface area contributed by atoms with Crippen LogP contribution in [0.15, 0.2) is 0 Å². The third-order valence-electron chi connectivity index (χ3n) is 9.33. The zero-order chi connectivity index (χ0) is 21.4. The van der Waals surface area contributed by atoms with Crippen LogP contribution in [0.2, 0.25) is 0 Å². The molecule has 8 nitrogen and oxygen atoms in total. The van der Waals surface area contributed by atoms with Crippen LogP contribution in [0.5, 0.6) is 0 Å². The van der Waals surface area contributed by atoms with Crippen molar-refractivity contribution in [1.29, 1.82) is 0 Å². The molecule has 5 N–H and O–H groups in total. The van der Waals surface area contributed by atoms with Gasteiger partial charge < -0.3 is 25.5 Å². The van der Waals surface area contributed by atoms with E-state index >= 15 is 0 Å². The zero-order valence-electron chi connectivity index (χ0n) is 16.6. The predicted molar refractivity (Wildman–Crippen MR) is 98.7 cm³/mol. The monoisotopic (exact) mass is 410 g/mol. The standard InChI is InChI=1S/C21H30O8/c1-18-6-3-12-13(21(18,29)9-5-14(18)15(23)16(24)25)4-7-19(28)10-11(22)2-8-20(12,19)17(26)27/h11-14,22,28-29H,2-10H2,1H3,(H,24,25)(H,26,27)/t11-,12+,13-,14-,18+,19+,20+,21-/m0/s1. The van der Waals surface area contributed by atoms with Gasteiger partial charge in [-0.1, -0.05) is 6.92 Å². The van der Waals surface area contributed by atoms with E-state index in [4.69, 9.17) is 0 Å². The molecule has 4 aliphatic carbocycles. The number of carbonyl (C=O) groups excluding carboxylic acids is 1. The highest BCUT2D eigenvalue weighted by Gasteiger charge is 2.74. The minimum atomic E-state index is -1.53. The first-order valence-electron chi connectivity index (χ1n) is 10.6. The summed E-state index contributed by atoms with van der Waals surface area (Å²) in [5.74, 6) is -5.18. The molecular formula is C21H30O8. The highest BCUT2D eigenvalue weighted by molar-refractivity contribution is 6.33. The summed E-state index contributed by atoms with van der Waals surface area (Å²) in [6.45, 7) is 1.76. The quantitative estimate of drug-likeness (QED) is 0.431. The van der Waals surface area contributed by atoms with Crippen LogP contribution >= 0.6 is 0 Å². The van der Waals surface area contributed by atoms with E-state index in [1.807, 2.05) is 0 Å². The molecule has 8 heteroatoms. The third-order valence-corrected chi connectivity index (χ3v) is 9.33. The fourth-order valence-electron chi connectivity index (χ4n) is 7.87. The zero-order valence-corrected chi connectivity index (χ0v) is 16.6. The number of aliphatic carboxylic acids is 2. The summed E-state index contributed by atoms with van der Waals surface area (Å²) < 4.78 is 0. The van der Waals surface area contributed by atoms with Gasteiger partial charge in [0.05, 0.1) is 22.7 Å². The molecule has 0 bridgehead atoms. The summed E-state index contributed by atoms with van der Waals surface area (Å²) in [5, 5.41) is 52.8. The summed E-state index contributed by atoms with van der Waals surface area (Å²) >= 11 is 0. The van der Waals surface area contributed by atoms with Gasteiger partial charge in [0.2, 0.25) is 5.78 Å². The van der Waals surface area contributed by atoms with Crippen LogP contribution in [-0.4, -0.2) is 60.6 Å². The Morgan fingerprint density at radius 2 is 1.52 bits per heavy atom. The molecule has 0 heterocycles. The molecule has 162 valence electrons. The number of carboxylic acids is 2. The van der Waals surface area contributed by atoms with Crippen molar-refractivity contribution in [2.45, 2.75) is 82.0 Å². The molecule has 8 atom stereocenters. The first-order valence-corrected chi connectivity index (χ1v) is 10.6. The Bertz CT molecular complexity index is 766. The Morgan fingerprint density at radius 3 is 2.14 bits per heavy atom. The average Bonchev–Trinajstić information content (AvgIpc) is 2.91. The second-order valence-corrected chi connectivity index (χ2v) is 10.1. The lowest BCUT2D eigenvalue weighted by molar-refractivity contribution is -0.260. The summed E-state index contributed by atoms with van der Waals surface area (Å²) in [7, 11) is 0. The SMILES string of the molecule is C[C@]12CC[C@@H]3[C@H](CC[C@@]4(O)C[C@@H](O)CC[C@]34C(=O)O)[C@@]1(O)CC[C@H]2C(=O)C(=O)O.